The molecule has 1 fully saturated rings. The van der Waals surface area contributed by atoms with E-state index in [-0.39, 0.29) is 18.0 Å². The van der Waals surface area contributed by atoms with Gasteiger partial charge in [-0.1, -0.05) is 12.1 Å². The monoisotopic (exact) mass is 265 g/mol. The SMILES string of the molecule is Cl.O=c1ccc2ccc(C3CCNCC3)cc2o1. The van der Waals surface area contributed by atoms with E-state index in [0.717, 1.165) is 31.3 Å². The van der Waals surface area contributed by atoms with Crippen LogP contribution in [0.4, 0.5) is 0 Å². The first kappa shape index (κ1) is 13.1. The highest BCUT2D eigenvalue weighted by Gasteiger charge is 2.15. The van der Waals surface area contributed by atoms with Gasteiger partial charge in [-0.3, -0.25) is 0 Å². The molecule has 96 valence electrons. The van der Waals surface area contributed by atoms with E-state index >= 15 is 0 Å². The number of nitrogens with one attached hydrogen (secondary N) is 1. The quantitative estimate of drug-likeness (QED) is 0.806. The fourth-order valence-corrected chi connectivity index (χ4v) is 2.49. The maximum atomic E-state index is 11.2. The molecule has 0 atom stereocenters. The number of hydrogen-bond donors (Lipinski definition) is 1. The van der Waals surface area contributed by atoms with Crippen LogP contribution in [0.15, 0.2) is 39.5 Å². The van der Waals surface area contributed by atoms with Gasteiger partial charge < -0.3 is 9.73 Å². The summed E-state index contributed by atoms with van der Waals surface area (Å²) in [5, 5.41) is 4.35. The number of halogens is 1. The number of piperidine rings is 1. The van der Waals surface area contributed by atoms with E-state index in [2.05, 4.69) is 11.4 Å². The minimum absolute atomic E-state index is 0. The van der Waals surface area contributed by atoms with Crippen LogP contribution < -0.4 is 10.9 Å². The number of hydrogen-bond acceptors (Lipinski definition) is 3. The lowest BCUT2D eigenvalue weighted by Gasteiger charge is -2.22. The first-order valence-corrected chi connectivity index (χ1v) is 6.07. The first-order valence-electron chi connectivity index (χ1n) is 6.07. The van der Waals surface area contributed by atoms with Crippen LogP contribution in [0.5, 0.6) is 0 Å². The molecule has 0 aliphatic carbocycles. The molecule has 0 amide bonds. The average Bonchev–Trinajstić information content (AvgIpc) is 2.39. The molecule has 1 N–H and O–H groups in total. The highest BCUT2D eigenvalue weighted by atomic mass is 35.5. The molecule has 3 rings (SSSR count). The molecule has 0 bridgehead atoms. The summed E-state index contributed by atoms with van der Waals surface area (Å²) in [4.78, 5) is 11.2. The largest absolute Gasteiger partial charge is 0.423 e. The molecule has 0 saturated carbocycles. The van der Waals surface area contributed by atoms with Crippen LogP contribution in [0, 0.1) is 0 Å². The molecule has 4 heteroatoms. The summed E-state index contributed by atoms with van der Waals surface area (Å²) >= 11 is 0. The molecule has 1 aliphatic heterocycles. The summed E-state index contributed by atoms with van der Waals surface area (Å²) < 4.78 is 5.22. The molecule has 2 heterocycles. The molecule has 1 aliphatic rings. The Morgan fingerprint density at radius 3 is 2.61 bits per heavy atom. The van der Waals surface area contributed by atoms with Crippen LogP contribution in [-0.4, -0.2) is 13.1 Å². The minimum atomic E-state index is -0.278. The van der Waals surface area contributed by atoms with Crippen molar-refractivity contribution in [2.75, 3.05) is 13.1 Å². The standard InChI is InChI=1S/C14H15NO2.ClH/c16-14-4-3-11-1-2-12(9-13(11)17-14)10-5-7-15-8-6-10;/h1-4,9-10,15H,5-8H2;1H. The summed E-state index contributed by atoms with van der Waals surface area (Å²) in [6.07, 6.45) is 2.31. The highest BCUT2D eigenvalue weighted by Crippen LogP contribution is 2.27. The smallest absolute Gasteiger partial charge is 0.336 e. The average molecular weight is 266 g/mol. The maximum absolute atomic E-state index is 11.2. The van der Waals surface area contributed by atoms with Crippen molar-refractivity contribution >= 4 is 23.4 Å². The molecule has 1 saturated heterocycles. The van der Waals surface area contributed by atoms with Gasteiger partial charge in [-0.05, 0) is 49.5 Å². The molecular formula is C14H16ClNO2. The van der Waals surface area contributed by atoms with Crippen LogP contribution in [-0.2, 0) is 0 Å². The Morgan fingerprint density at radius 1 is 1.11 bits per heavy atom. The minimum Gasteiger partial charge on any atom is -0.423 e. The van der Waals surface area contributed by atoms with Crippen molar-refractivity contribution in [3.63, 3.8) is 0 Å². The van der Waals surface area contributed by atoms with Crippen molar-refractivity contribution in [2.24, 2.45) is 0 Å². The third-order valence-corrected chi connectivity index (χ3v) is 3.46. The second-order valence-corrected chi connectivity index (χ2v) is 4.58. The van der Waals surface area contributed by atoms with Gasteiger partial charge in [0.1, 0.15) is 5.58 Å². The summed E-state index contributed by atoms with van der Waals surface area (Å²) in [5.74, 6) is 0.589. The van der Waals surface area contributed by atoms with E-state index in [1.54, 1.807) is 0 Å². The van der Waals surface area contributed by atoms with Gasteiger partial charge in [0, 0.05) is 11.5 Å². The summed E-state index contributed by atoms with van der Waals surface area (Å²) in [7, 11) is 0. The Kier molecular flexibility index (Phi) is 4.04. The van der Waals surface area contributed by atoms with Gasteiger partial charge in [0.15, 0.2) is 0 Å². The molecule has 0 radical (unpaired) electrons. The second-order valence-electron chi connectivity index (χ2n) is 4.58. The fraction of sp³-hybridized carbons (Fsp3) is 0.357. The van der Waals surface area contributed by atoms with Crippen LogP contribution in [0.3, 0.4) is 0 Å². The van der Waals surface area contributed by atoms with Crippen molar-refractivity contribution < 1.29 is 4.42 Å². The van der Waals surface area contributed by atoms with Crippen LogP contribution in [0.25, 0.3) is 11.0 Å². The van der Waals surface area contributed by atoms with E-state index in [4.69, 9.17) is 4.42 Å². The van der Waals surface area contributed by atoms with E-state index in [0.29, 0.717) is 11.5 Å². The van der Waals surface area contributed by atoms with E-state index < -0.39 is 0 Å². The Bertz CT molecular complexity index is 588. The summed E-state index contributed by atoms with van der Waals surface area (Å²) in [6, 6.07) is 9.49. The summed E-state index contributed by atoms with van der Waals surface area (Å²) in [6.45, 7) is 2.14. The van der Waals surface area contributed by atoms with Crippen LogP contribution in [0.2, 0.25) is 0 Å². The van der Waals surface area contributed by atoms with Crippen molar-refractivity contribution in [1.29, 1.82) is 0 Å². The van der Waals surface area contributed by atoms with E-state index in [9.17, 15) is 4.79 Å². The van der Waals surface area contributed by atoms with Crippen LogP contribution >= 0.6 is 12.4 Å². The van der Waals surface area contributed by atoms with Crippen molar-refractivity contribution in [3.8, 4) is 0 Å². The highest BCUT2D eigenvalue weighted by molar-refractivity contribution is 5.85. The maximum Gasteiger partial charge on any atom is 0.336 e. The molecule has 3 nitrogen and oxygen atoms in total. The predicted molar refractivity (Wildman–Crippen MR) is 74.6 cm³/mol. The van der Waals surface area contributed by atoms with Gasteiger partial charge in [0.2, 0.25) is 0 Å². The predicted octanol–water partition coefficient (Wildman–Crippen LogP) is 2.68. The zero-order valence-corrected chi connectivity index (χ0v) is 10.8. The third kappa shape index (κ3) is 2.57. The molecule has 0 unspecified atom stereocenters. The van der Waals surface area contributed by atoms with Crippen molar-refractivity contribution in [1.82, 2.24) is 5.32 Å². The number of rotatable bonds is 1. The molecule has 18 heavy (non-hydrogen) atoms. The van der Waals surface area contributed by atoms with Gasteiger partial charge in [0.25, 0.3) is 0 Å². The lowest BCUT2D eigenvalue weighted by Crippen LogP contribution is -2.26. The van der Waals surface area contributed by atoms with Gasteiger partial charge in [-0.25, -0.2) is 4.79 Å². The zero-order chi connectivity index (χ0) is 11.7. The van der Waals surface area contributed by atoms with Gasteiger partial charge in [-0.15, -0.1) is 12.4 Å². The summed E-state index contributed by atoms with van der Waals surface area (Å²) in [5.41, 5.74) is 1.71. The lowest BCUT2D eigenvalue weighted by atomic mass is 9.90. The van der Waals surface area contributed by atoms with Crippen molar-refractivity contribution in [3.05, 3.63) is 46.3 Å². The normalized spacial score (nSPS) is 16.4. The Balaban J connectivity index is 0.00000120. The molecule has 2 aromatic rings. The molecule has 1 aromatic carbocycles. The number of benzene rings is 1. The first-order chi connectivity index (χ1) is 8.33. The fourth-order valence-electron chi connectivity index (χ4n) is 2.49. The Labute approximate surface area is 112 Å². The van der Waals surface area contributed by atoms with Gasteiger partial charge >= 0.3 is 5.63 Å². The Hall–Kier alpha value is -1.32. The van der Waals surface area contributed by atoms with Crippen LogP contribution in [0.1, 0.15) is 24.3 Å². The van der Waals surface area contributed by atoms with Gasteiger partial charge in [-0.2, -0.15) is 0 Å². The number of fused-ring (bicyclic) bond motifs is 1. The topological polar surface area (TPSA) is 42.2 Å². The van der Waals surface area contributed by atoms with Crippen molar-refractivity contribution in [2.45, 2.75) is 18.8 Å². The molecule has 1 aromatic heterocycles. The second kappa shape index (κ2) is 5.55. The molecule has 0 spiro atoms. The van der Waals surface area contributed by atoms with E-state index in [1.807, 2.05) is 18.2 Å². The lowest BCUT2D eigenvalue weighted by molar-refractivity contribution is 0.460. The van der Waals surface area contributed by atoms with E-state index in [1.165, 1.54) is 11.6 Å². The third-order valence-electron chi connectivity index (χ3n) is 3.46. The van der Waals surface area contributed by atoms with Gasteiger partial charge in [0.05, 0.1) is 0 Å². The zero-order valence-electron chi connectivity index (χ0n) is 10.0. The molecular weight excluding hydrogens is 250 g/mol. The Morgan fingerprint density at radius 2 is 1.83 bits per heavy atom.